The molecule has 0 aliphatic carbocycles. The maximum atomic E-state index is 10.7. The highest BCUT2D eigenvalue weighted by Crippen LogP contribution is 2.23. The maximum absolute atomic E-state index is 10.7. The Morgan fingerprint density at radius 2 is 2.37 bits per heavy atom. The van der Waals surface area contributed by atoms with Crippen LogP contribution in [0.4, 0.5) is 0 Å². The molecule has 1 N–H and O–H groups in total. The zero-order valence-electron chi connectivity index (χ0n) is 10.3. The van der Waals surface area contributed by atoms with Crippen LogP contribution in [0.25, 0.3) is 0 Å². The van der Waals surface area contributed by atoms with E-state index in [4.69, 9.17) is 21.4 Å². The van der Waals surface area contributed by atoms with Crippen molar-refractivity contribution in [1.29, 1.82) is 0 Å². The van der Waals surface area contributed by atoms with Crippen LogP contribution in [0.3, 0.4) is 0 Å². The van der Waals surface area contributed by atoms with E-state index in [0.717, 1.165) is 21.6 Å². The number of aliphatic carboxylic acids is 1. The second-order valence-corrected chi connectivity index (χ2v) is 5.88. The summed E-state index contributed by atoms with van der Waals surface area (Å²) in [5.41, 5.74) is 1.04. The molecule has 0 radical (unpaired) electrons. The van der Waals surface area contributed by atoms with Gasteiger partial charge in [0.25, 0.3) is 0 Å². The van der Waals surface area contributed by atoms with Crippen molar-refractivity contribution in [3.63, 3.8) is 0 Å². The molecular weight excluding hydrogens is 334 g/mol. The summed E-state index contributed by atoms with van der Waals surface area (Å²) >= 11 is 9.56. The minimum atomic E-state index is -0.825. The summed E-state index contributed by atoms with van der Waals surface area (Å²) in [4.78, 5) is 12.9. The van der Waals surface area contributed by atoms with E-state index >= 15 is 0 Å². The number of hydrogen-bond donors (Lipinski definition) is 1. The molecule has 1 aliphatic rings. The van der Waals surface area contributed by atoms with Crippen molar-refractivity contribution < 1.29 is 14.6 Å². The highest BCUT2D eigenvalue weighted by Gasteiger charge is 2.23. The fourth-order valence-electron chi connectivity index (χ4n) is 2.13. The van der Waals surface area contributed by atoms with Gasteiger partial charge in [-0.05, 0) is 17.7 Å². The number of morpholine rings is 1. The SMILES string of the molecule is O=C(O)CC1CN(Cc2ccc(Br)cc2Cl)CCO1. The summed E-state index contributed by atoms with van der Waals surface area (Å²) in [5.74, 6) is -0.825. The molecular formula is C13H15BrClNO3. The number of hydrogen-bond acceptors (Lipinski definition) is 3. The van der Waals surface area contributed by atoms with Crippen molar-refractivity contribution in [2.75, 3.05) is 19.7 Å². The Hall–Kier alpha value is -0.620. The third-order valence-corrected chi connectivity index (χ3v) is 3.88. The molecule has 104 valence electrons. The fraction of sp³-hybridized carbons (Fsp3) is 0.462. The number of carbonyl (C=O) groups is 1. The maximum Gasteiger partial charge on any atom is 0.306 e. The Morgan fingerprint density at radius 1 is 1.58 bits per heavy atom. The molecule has 1 aliphatic heterocycles. The van der Waals surface area contributed by atoms with E-state index in [9.17, 15) is 4.79 Å². The standard InChI is InChI=1S/C13H15BrClNO3/c14-10-2-1-9(12(15)5-10)7-16-3-4-19-11(8-16)6-13(17)18/h1-2,5,11H,3-4,6-8H2,(H,17,18). The van der Waals surface area contributed by atoms with Crippen molar-refractivity contribution in [3.8, 4) is 0 Å². The van der Waals surface area contributed by atoms with Crippen LogP contribution in [0.15, 0.2) is 22.7 Å². The minimum Gasteiger partial charge on any atom is -0.481 e. The molecule has 2 rings (SSSR count). The summed E-state index contributed by atoms with van der Waals surface area (Å²) in [5, 5.41) is 9.51. The minimum absolute atomic E-state index is 0.0462. The smallest absolute Gasteiger partial charge is 0.306 e. The molecule has 0 saturated carbocycles. The van der Waals surface area contributed by atoms with Crippen LogP contribution in [0.1, 0.15) is 12.0 Å². The molecule has 4 nitrogen and oxygen atoms in total. The Labute approximate surface area is 125 Å². The molecule has 0 bridgehead atoms. The van der Waals surface area contributed by atoms with E-state index in [1.165, 1.54) is 0 Å². The number of carboxylic acid groups (broad SMARTS) is 1. The predicted octanol–water partition coefficient (Wildman–Crippen LogP) is 2.78. The van der Waals surface area contributed by atoms with Gasteiger partial charge in [0, 0.05) is 29.1 Å². The van der Waals surface area contributed by atoms with E-state index in [-0.39, 0.29) is 12.5 Å². The van der Waals surface area contributed by atoms with Gasteiger partial charge in [0.1, 0.15) is 0 Å². The Kier molecular flexibility index (Phi) is 5.21. The highest BCUT2D eigenvalue weighted by atomic mass is 79.9. The molecule has 1 aromatic rings. The van der Waals surface area contributed by atoms with Gasteiger partial charge in [0.2, 0.25) is 0 Å². The normalized spacial score (nSPS) is 20.4. The molecule has 1 atom stereocenters. The third-order valence-electron chi connectivity index (χ3n) is 3.03. The summed E-state index contributed by atoms with van der Waals surface area (Å²) in [6.45, 7) is 2.69. The molecule has 0 aromatic heterocycles. The van der Waals surface area contributed by atoms with Gasteiger partial charge in [-0.2, -0.15) is 0 Å². The first-order valence-electron chi connectivity index (χ1n) is 6.04. The van der Waals surface area contributed by atoms with Gasteiger partial charge in [0.05, 0.1) is 19.1 Å². The van der Waals surface area contributed by atoms with E-state index in [2.05, 4.69) is 20.8 Å². The van der Waals surface area contributed by atoms with Crippen LogP contribution in [-0.2, 0) is 16.1 Å². The number of rotatable bonds is 4. The number of benzene rings is 1. The second kappa shape index (κ2) is 6.70. The van der Waals surface area contributed by atoms with Gasteiger partial charge in [-0.1, -0.05) is 33.6 Å². The van der Waals surface area contributed by atoms with Crippen LogP contribution in [0, 0.1) is 0 Å². The molecule has 6 heteroatoms. The van der Waals surface area contributed by atoms with Gasteiger partial charge in [0.15, 0.2) is 0 Å². The lowest BCUT2D eigenvalue weighted by atomic mass is 10.1. The van der Waals surface area contributed by atoms with E-state index in [1.54, 1.807) is 0 Å². The first-order chi connectivity index (χ1) is 9.04. The van der Waals surface area contributed by atoms with Crippen LogP contribution < -0.4 is 0 Å². The fourth-order valence-corrected chi connectivity index (χ4v) is 2.87. The molecule has 1 saturated heterocycles. The number of ether oxygens (including phenoxy) is 1. The topological polar surface area (TPSA) is 49.8 Å². The lowest BCUT2D eigenvalue weighted by molar-refractivity contribution is -0.142. The first-order valence-corrected chi connectivity index (χ1v) is 7.21. The number of halogens is 2. The Balaban J connectivity index is 1.96. The van der Waals surface area contributed by atoms with Crippen molar-refractivity contribution in [2.24, 2.45) is 0 Å². The zero-order valence-corrected chi connectivity index (χ0v) is 12.7. The molecule has 1 fully saturated rings. The lowest BCUT2D eigenvalue weighted by Crippen LogP contribution is -2.42. The van der Waals surface area contributed by atoms with Crippen LogP contribution in [0.5, 0.6) is 0 Å². The van der Waals surface area contributed by atoms with E-state index in [1.807, 2.05) is 18.2 Å². The molecule has 1 aromatic carbocycles. The Bertz CT molecular complexity index is 469. The van der Waals surface area contributed by atoms with Crippen LogP contribution in [-0.4, -0.2) is 41.8 Å². The average Bonchev–Trinajstić information content (AvgIpc) is 2.32. The van der Waals surface area contributed by atoms with Crippen molar-refractivity contribution >= 4 is 33.5 Å². The van der Waals surface area contributed by atoms with Gasteiger partial charge in [-0.15, -0.1) is 0 Å². The predicted molar refractivity (Wildman–Crippen MR) is 76.4 cm³/mol. The monoisotopic (exact) mass is 347 g/mol. The van der Waals surface area contributed by atoms with Gasteiger partial charge >= 0.3 is 5.97 Å². The summed E-state index contributed by atoms with van der Waals surface area (Å²) < 4.78 is 6.39. The van der Waals surface area contributed by atoms with Crippen molar-refractivity contribution in [3.05, 3.63) is 33.3 Å². The van der Waals surface area contributed by atoms with Crippen molar-refractivity contribution in [1.82, 2.24) is 4.90 Å². The second-order valence-electron chi connectivity index (χ2n) is 4.56. The lowest BCUT2D eigenvalue weighted by Gasteiger charge is -2.32. The van der Waals surface area contributed by atoms with Gasteiger partial charge < -0.3 is 9.84 Å². The Morgan fingerprint density at radius 3 is 3.05 bits per heavy atom. The quantitative estimate of drug-likeness (QED) is 0.909. The molecule has 1 heterocycles. The molecule has 0 amide bonds. The van der Waals surface area contributed by atoms with Gasteiger partial charge in [-0.25, -0.2) is 0 Å². The van der Waals surface area contributed by atoms with Crippen LogP contribution in [0.2, 0.25) is 5.02 Å². The van der Waals surface area contributed by atoms with Gasteiger partial charge in [-0.3, -0.25) is 9.69 Å². The van der Waals surface area contributed by atoms with E-state index in [0.29, 0.717) is 19.7 Å². The number of nitrogens with zero attached hydrogens (tertiary/aromatic N) is 1. The third kappa shape index (κ3) is 4.45. The molecule has 1 unspecified atom stereocenters. The highest BCUT2D eigenvalue weighted by molar-refractivity contribution is 9.10. The average molecular weight is 349 g/mol. The molecule has 19 heavy (non-hydrogen) atoms. The molecule has 0 spiro atoms. The summed E-state index contributed by atoms with van der Waals surface area (Å²) in [6, 6.07) is 5.80. The number of carboxylic acids is 1. The first kappa shape index (κ1) is 14.8. The zero-order chi connectivity index (χ0) is 13.8. The van der Waals surface area contributed by atoms with Crippen LogP contribution >= 0.6 is 27.5 Å². The largest absolute Gasteiger partial charge is 0.481 e. The van der Waals surface area contributed by atoms with E-state index < -0.39 is 5.97 Å². The van der Waals surface area contributed by atoms with Crippen molar-refractivity contribution in [2.45, 2.75) is 19.1 Å². The summed E-state index contributed by atoms with van der Waals surface area (Å²) in [7, 11) is 0. The summed E-state index contributed by atoms with van der Waals surface area (Å²) in [6.07, 6.45) is -0.189.